The van der Waals surface area contributed by atoms with E-state index in [1.54, 1.807) is 9.80 Å². The average Bonchev–Trinajstić information content (AvgIpc) is 3.13. The topological polar surface area (TPSA) is 120 Å². The Morgan fingerprint density at radius 1 is 0.736 bits per heavy atom. The smallest absolute Gasteiger partial charge is 0.328 e. The van der Waals surface area contributed by atoms with Crippen molar-refractivity contribution in [2.45, 2.75) is 109 Å². The van der Waals surface area contributed by atoms with Gasteiger partial charge in [-0.05, 0) is 72.9 Å². The van der Waals surface area contributed by atoms with Crippen LogP contribution in [0.15, 0.2) is 72.5 Å². The fourth-order valence-electron chi connectivity index (χ4n) is 7.90. The van der Waals surface area contributed by atoms with Gasteiger partial charge in [0.05, 0.1) is 20.0 Å². The quantitative estimate of drug-likeness (QED) is 0.213. The molecule has 2 aromatic rings. The summed E-state index contributed by atoms with van der Waals surface area (Å²) in [6.45, 7) is 12.0. The number of esters is 2. The fourth-order valence-corrected chi connectivity index (χ4v) is 9.04. The van der Waals surface area contributed by atoms with E-state index >= 15 is 0 Å². The summed E-state index contributed by atoms with van der Waals surface area (Å²) >= 11 is 0. The molecule has 0 aromatic heterocycles. The first kappa shape index (κ1) is 39.9. The molecular weight excluding hydrogens is 689 g/mol. The van der Waals surface area contributed by atoms with Crippen molar-refractivity contribution in [2.75, 3.05) is 14.2 Å². The summed E-state index contributed by atoms with van der Waals surface area (Å²) in [6, 6.07) is 18.3. The molecule has 2 aromatic carbocycles. The second kappa shape index (κ2) is 16.8. The molecule has 3 fully saturated rings. The molecule has 2 aliphatic carbocycles. The van der Waals surface area contributed by atoms with E-state index in [0.717, 1.165) is 29.7 Å². The van der Waals surface area contributed by atoms with Crippen LogP contribution in [0.3, 0.4) is 0 Å². The van der Waals surface area contributed by atoms with Crippen molar-refractivity contribution in [3.63, 3.8) is 0 Å². The number of allylic oxidation sites excluding steroid dienone is 2. The van der Waals surface area contributed by atoms with Crippen LogP contribution in [-0.4, -0.2) is 74.0 Å². The molecule has 53 heavy (non-hydrogen) atoms. The Morgan fingerprint density at radius 2 is 1.23 bits per heavy atom. The van der Waals surface area contributed by atoms with Crippen molar-refractivity contribution >= 4 is 37.9 Å². The third kappa shape index (κ3) is 9.28. The summed E-state index contributed by atoms with van der Waals surface area (Å²) in [5, 5.41) is 0.119. The molecule has 2 amide bonds. The van der Waals surface area contributed by atoms with Crippen LogP contribution >= 0.6 is 0 Å². The van der Waals surface area contributed by atoms with Crippen molar-refractivity contribution in [3.05, 3.63) is 83.6 Å². The number of hydrogen-bond donors (Lipinski definition) is 0. The van der Waals surface area contributed by atoms with E-state index in [-0.39, 0.29) is 52.3 Å². The number of hydrogen-bond acceptors (Lipinski definition) is 8. The number of carbonyl (C=O) groups excluding carboxylic acids is 5. The minimum absolute atomic E-state index is 0.0159. The second-order valence-electron chi connectivity index (χ2n) is 16.4. The van der Waals surface area contributed by atoms with E-state index in [1.807, 2.05) is 60.7 Å². The lowest BCUT2D eigenvalue weighted by molar-refractivity contribution is -0.163. The van der Waals surface area contributed by atoms with Crippen LogP contribution in [0.5, 0.6) is 0 Å². The van der Waals surface area contributed by atoms with Gasteiger partial charge in [-0.15, -0.1) is 0 Å². The van der Waals surface area contributed by atoms with Crippen molar-refractivity contribution in [3.8, 4) is 0 Å². The maximum absolute atomic E-state index is 13.4. The van der Waals surface area contributed by atoms with Gasteiger partial charge in [0.15, 0.2) is 0 Å². The zero-order chi connectivity index (χ0) is 38.5. The van der Waals surface area contributed by atoms with Gasteiger partial charge >= 0.3 is 11.9 Å². The predicted octanol–water partition coefficient (Wildman–Crippen LogP) is 6.84. The van der Waals surface area contributed by atoms with Crippen LogP contribution in [0.4, 0.5) is 0 Å². The van der Waals surface area contributed by atoms with E-state index in [2.05, 4.69) is 39.9 Å². The fraction of sp³-hybridized carbons (Fsp3) is 0.548. The van der Waals surface area contributed by atoms with Crippen molar-refractivity contribution in [2.24, 2.45) is 23.7 Å². The predicted molar refractivity (Wildman–Crippen MR) is 203 cm³/mol. The molecule has 2 saturated heterocycles. The molecule has 1 saturated carbocycles. The molecule has 0 spiro atoms. The van der Waals surface area contributed by atoms with Gasteiger partial charge in [0.25, 0.3) is 0 Å². The lowest BCUT2D eigenvalue weighted by Crippen LogP contribution is -2.55. The summed E-state index contributed by atoms with van der Waals surface area (Å²) in [4.78, 5) is 66.1. The van der Waals surface area contributed by atoms with Crippen LogP contribution in [0.25, 0.3) is 0 Å². The molecule has 10 nitrogen and oxygen atoms in total. The van der Waals surface area contributed by atoms with Crippen LogP contribution in [-0.2, 0) is 51.0 Å². The zero-order valence-electron chi connectivity index (χ0n) is 32.3. The van der Waals surface area contributed by atoms with E-state index in [0.29, 0.717) is 45.2 Å². The van der Waals surface area contributed by atoms with Crippen molar-refractivity contribution < 1.29 is 37.9 Å². The Kier molecular flexibility index (Phi) is 12.7. The van der Waals surface area contributed by atoms with Gasteiger partial charge in [0, 0.05) is 44.2 Å². The molecule has 0 bridgehead atoms. The number of fused-ring (bicyclic) bond motifs is 2. The second-order valence-corrected chi connectivity index (χ2v) is 21.1. The van der Waals surface area contributed by atoms with E-state index in [9.17, 15) is 24.0 Å². The van der Waals surface area contributed by atoms with Gasteiger partial charge in [-0.3, -0.25) is 14.4 Å². The standard InChI is InChI=1S/C24H35NO4Si.C18H21NO4/c1-24(2,3)30(5,6)29-19-12-13-20-18(14-19)15-21(23(27)28-4)25(22(20)26)16-17-10-8-7-9-11-17;1-23-18(22)16-10-13-9-14(20)7-8-15(13)17(21)19(16)11-12-5-3-2-4-6-12/h7-11,14,18,20-21H,12-13,15-16H2,1-6H3;2-6,13,15-16H,7-11H2,1H3/t18-,20-,21+;13-,15-,16+/m11/s1. The van der Waals surface area contributed by atoms with Crippen LogP contribution in [0.2, 0.25) is 18.1 Å². The number of rotatable bonds is 8. The number of benzene rings is 2. The molecule has 2 heterocycles. The minimum Gasteiger partial charge on any atom is -0.547 e. The van der Waals surface area contributed by atoms with E-state index in [1.165, 1.54) is 14.2 Å². The van der Waals surface area contributed by atoms with Gasteiger partial charge in [-0.1, -0.05) is 81.4 Å². The zero-order valence-corrected chi connectivity index (χ0v) is 33.3. The SMILES string of the molecule is COC(=O)[C@@H]1C[C@H]2C=C(O[Si](C)(C)C(C)(C)C)CC[C@H]2C(=O)N1Cc1ccccc1.COC(=O)[C@@H]1C[C@H]2CC(=O)CC[C@H]2C(=O)N1Cc1ccccc1. The number of carbonyl (C=O) groups is 5. The molecule has 286 valence electrons. The number of likely N-dealkylation sites (tertiary alicyclic amines) is 2. The Labute approximate surface area is 315 Å². The number of ether oxygens (including phenoxy) is 2. The average molecular weight is 745 g/mol. The largest absolute Gasteiger partial charge is 0.547 e. The maximum Gasteiger partial charge on any atom is 0.328 e. The highest BCUT2D eigenvalue weighted by atomic mass is 28.4. The summed E-state index contributed by atoms with van der Waals surface area (Å²) in [5.41, 5.74) is 2.01. The molecule has 4 aliphatic rings. The molecule has 0 radical (unpaired) electrons. The highest BCUT2D eigenvalue weighted by Crippen LogP contribution is 2.44. The lowest BCUT2D eigenvalue weighted by atomic mass is 9.72. The normalized spacial score (nSPS) is 25.9. The molecule has 6 rings (SSSR count). The Hall–Kier alpha value is -4.25. The Balaban J connectivity index is 0.000000211. The van der Waals surface area contributed by atoms with E-state index in [4.69, 9.17) is 13.9 Å². The summed E-state index contributed by atoms with van der Waals surface area (Å²) < 4.78 is 16.5. The highest BCUT2D eigenvalue weighted by molar-refractivity contribution is 6.74. The van der Waals surface area contributed by atoms with Crippen LogP contribution in [0, 0.1) is 23.7 Å². The number of piperidine rings is 2. The Morgan fingerprint density at radius 3 is 1.74 bits per heavy atom. The monoisotopic (exact) mass is 744 g/mol. The number of ketones is 1. The first-order valence-electron chi connectivity index (χ1n) is 18.9. The highest BCUT2D eigenvalue weighted by Gasteiger charge is 2.48. The first-order valence-corrected chi connectivity index (χ1v) is 21.8. The van der Waals surface area contributed by atoms with Crippen molar-refractivity contribution in [1.29, 1.82) is 0 Å². The van der Waals surface area contributed by atoms with Gasteiger partial charge in [-0.2, -0.15) is 0 Å². The van der Waals surface area contributed by atoms with Crippen LogP contribution in [0.1, 0.15) is 76.8 Å². The minimum atomic E-state index is -1.93. The number of Topliss-reactive ketones (excluding diaryl/α,β-unsaturated/α-hetero) is 1. The molecule has 0 unspecified atom stereocenters. The number of nitrogens with zero attached hydrogens (tertiary/aromatic N) is 2. The number of amides is 2. The van der Waals surface area contributed by atoms with E-state index < -0.39 is 26.4 Å². The molecule has 11 heteroatoms. The third-order valence-electron chi connectivity index (χ3n) is 11.9. The molecule has 6 atom stereocenters. The first-order chi connectivity index (χ1) is 25.1. The summed E-state index contributed by atoms with van der Waals surface area (Å²) in [6.07, 6.45) is 6.24. The van der Waals surface area contributed by atoms with Gasteiger partial charge in [-0.25, -0.2) is 9.59 Å². The van der Waals surface area contributed by atoms with Crippen LogP contribution < -0.4 is 0 Å². The van der Waals surface area contributed by atoms with Gasteiger partial charge in [0.2, 0.25) is 20.1 Å². The Bertz CT molecular complexity index is 1670. The lowest BCUT2D eigenvalue weighted by Gasteiger charge is -2.44. The third-order valence-corrected chi connectivity index (χ3v) is 16.3. The van der Waals surface area contributed by atoms with Gasteiger partial charge < -0.3 is 23.7 Å². The molecule has 0 N–H and O–H groups in total. The number of methoxy groups -OCH3 is 2. The maximum atomic E-state index is 13.4. The van der Waals surface area contributed by atoms with Gasteiger partial charge in [0.1, 0.15) is 17.9 Å². The molecular formula is C42H56N2O8Si. The molecule has 2 aliphatic heterocycles. The summed E-state index contributed by atoms with van der Waals surface area (Å²) in [5.74, 6) is 0.228. The summed E-state index contributed by atoms with van der Waals surface area (Å²) in [7, 11) is 0.799. The van der Waals surface area contributed by atoms with Crippen molar-refractivity contribution in [1.82, 2.24) is 9.80 Å².